The van der Waals surface area contributed by atoms with Crippen LogP contribution in [0.25, 0.3) is 45.1 Å². The molecular formula is C31H30N4O5. The van der Waals surface area contributed by atoms with Crippen LogP contribution in [-0.2, 0) is 17.9 Å². The summed E-state index contributed by atoms with van der Waals surface area (Å²) in [5.74, 6) is 0.390. The third-order valence-electron chi connectivity index (χ3n) is 7.77. The van der Waals surface area contributed by atoms with Gasteiger partial charge < -0.3 is 19.2 Å². The van der Waals surface area contributed by atoms with Crippen LogP contribution in [0.1, 0.15) is 41.8 Å². The van der Waals surface area contributed by atoms with Crippen molar-refractivity contribution in [2.45, 2.75) is 52.3 Å². The number of aliphatic hydroxyl groups excluding tert-OH is 1. The van der Waals surface area contributed by atoms with E-state index in [-0.39, 0.29) is 12.5 Å². The molecule has 204 valence electrons. The highest BCUT2D eigenvalue weighted by molar-refractivity contribution is 5.83. The minimum Gasteiger partial charge on any atom is -0.480 e. The lowest BCUT2D eigenvalue weighted by Gasteiger charge is -2.32. The maximum Gasteiger partial charge on any atom is 0.320 e. The fourth-order valence-electron chi connectivity index (χ4n) is 5.64. The van der Waals surface area contributed by atoms with Crippen LogP contribution in [0.15, 0.2) is 63.5 Å². The monoisotopic (exact) mass is 538 g/mol. The van der Waals surface area contributed by atoms with Crippen LogP contribution in [0.4, 0.5) is 0 Å². The van der Waals surface area contributed by atoms with Gasteiger partial charge in [0.25, 0.3) is 5.89 Å². The zero-order chi connectivity index (χ0) is 27.8. The molecule has 6 rings (SSSR count). The molecule has 0 radical (unpaired) electrons. The van der Waals surface area contributed by atoms with E-state index in [4.69, 9.17) is 13.9 Å². The van der Waals surface area contributed by atoms with Crippen molar-refractivity contribution >= 4 is 17.1 Å². The average Bonchev–Trinajstić information content (AvgIpc) is 3.61. The molecule has 0 saturated carbocycles. The maximum absolute atomic E-state index is 11.7. The average molecular weight is 539 g/mol. The van der Waals surface area contributed by atoms with Gasteiger partial charge in [-0.2, -0.15) is 4.98 Å². The van der Waals surface area contributed by atoms with Crippen molar-refractivity contribution in [1.29, 1.82) is 0 Å². The molecule has 9 nitrogen and oxygen atoms in total. The molecule has 1 atom stereocenters. The lowest BCUT2D eigenvalue weighted by atomic mass is 9.91. The Hall–Kier alpha value is -4.34. The predicted octanol–water partition coefficient (Wildman–Crippen LogP) is 5.76. The van der Waals surface area contributed by atoms with Crippen LogP contribution in [-0.4, -0.2) is 48.8 Å². The molecule has 1 aliphatic rings. The van der Waals surface area contributed by atoms with E-state index in [2.05, 4.69) is 29.2 Å². The number of carbonyl (C=O) groups is 1. The van der Waals surface area contributed by atoms with Crippen LogP contribution in [0.5, 0.6) is 0 Å². The number of fused-ring (bicyclic) bond motifs is 1. The molecule has 0 spiro atoms. The highest BCUT2D eigenvalue weighted by atomic mass is 16.5. The number of nitrogens with zero attached hydrogens (tertiary/aromatic N) is 4. The fraction of sp³-hybridized carbons (Fsp3) is 0.290. The van der Waals surface area contributed by atoms with E-state index < -0.39 is 12.0 Å². The van der Waals surface area contributed by atoms with Crippen molar-refractivity contribution in [3.05, 3.63) is 77.2 Å². The first kappa shape index (κ1) is 25.9. The summed E-state index contributed by atoms with van der Waals surface area (Å²) in [6.07, 6.45) is 2.64. The molecule has 0 bridgehead atoms. The van der Waals surface area contributed by atoms with Gasteiger partial charge in [-0.3, -0.25) is 9.69 Å². The van der Waals surface area contributed by atoms with Gasteiger partial charge in [0.15, 0.2) is 5.58 Å². The van der Waals surface area contributed by atoms with E-state index in [0.29, 0.717) is 30.3 Å². The van der Waals surface area contributed by atoms with Crippen molar-refractivity contribution in [1.82, 2.24) is 20.0 Å². The van der Waals surface area contributed by atoms with Crippen molar-refractivity contribution in [2.75, 3.05) is 6.54 Å². The van der Waals surface area contributed by atoms with Crippen molar-refractivity contribution in [2.24, 2.45) is 0 Å². The first-order valence-electron chi connectivity index (χ1n) is 13.4. The standard InChI is InChI=1S/C31H30N4O5/c1-18-21(7-5-9-23(18)29-33-28(17-36)40-34-29)22-8-6-10-24(19(22)2)30-32-25-15-20(12-13-27(25)39-30)16-35-14-4-3-11-26(35)31(37)38/h5-10,12-13,15,26,36H,3-4,11,14,16-17H2,1-2H3,(H,37,38)/t26-/m0/s1. The third kappa shape index (κ3) is 4.78. The van der Waals surface area contributed by atoms with Gasteiger partial charge >= 0.3 is 5.97 Å². The lowest BCUT2D eigenvalue weighted by Crippen LogP contribution is -2.43. The summed E-state index contributed by atoms with van der Waals surface area (Å²) in [7, 11) is 0. The second kappa shape index (κ2) is 10.7. The zero-order valence-corrected chi connectivity index (χ0v) is 22.4. The molecule has 0 amide bonds. The summed E-state index contributed by atoms with van der Waals surface area (Å²) in [5, 5.41) is 23.0. The smallest absolute Gasteiger partial charge is 0.320 e. The number of likely N-dealkylation sites (tertiary alicyclic amines) is 1. The van der Waals surface area contributed by atoms with Crippen molar-refractivity contribution in [3.8, 4) is 34.0 Å². The van der Waals surface area contributed by atoms with E-state index in [9.17, 15) is 15.0 Å². The summed E-state index contributed by atoms with van der Waals surface area (Å²) in [5.41, 5.74) is 8.26. The van der Waals surface area contributed by atoms with Crippen LogP contribution < -0.4 is 0 Å². The molecule has 2 aromatic heterocycles. The van der Waals surface area contributed by atoms with Gasteiger partial charge in [0.05, 0.1) is 0 Å². The normalized spacial score (nSPS) is 16.0. The number of oxazole rings is 1. The van der Waals surface area contributed by atoms with Crippen LogP contribution in [0, 0.1) is 13.8 Å². The van der Waals surface area contributed by atoms with E-state index >= 15 is 0 Å². The van der Waals surface area contributed by atoms with Gasteiger partial charge in [-0.25, -0.2) is 4.98 Å². The number of rotatable bonds is 7. The summed E-state index contributed by atoms with van der Waals surface area (Å²) in [4.78, 5) is 22.9. The summed E-state index contributed by atoms with van der Waals surface area (Å²) < 4.78 is 11.3. The van der Waals surface area contributed by atoms with Gasteiger partial charge in [0.2, 0.25) is 11.7 Å². The molecule has 0 aliphatic carbocycles. The molecule has 3 heterocycles. The topological polar surface area (TPSA) is 126 Å². The Bertz CT molecular complexity index is 1710. The number of aromatic nitrogens is 3. The predicted molar refractivity (Wildman–Crippen MR) is 149 cm³/mol. The van der Waals surface area contributed by atoms with E-state index in [1.807, 2.05) is 54.3 Å². The van der Waals surface area contributed by atoms with E-state index in [1.165, 1.54) is 0 Å². The molecule has 5 aromatic rings. The van der Waals surface area contributed by atoms with Gasteiger partial charge in [-0.1, -0.05) is 48.0 Å². The van der Waals surface area contributed by atoms with Gasteiger partial charge in [-0.05, 0) is 79.3 Å². The summed E-state index contributed by atoms with van der Waals surface area (Å²) >= 11 is 0. The Balaban J connectivity index is 1.32. The SMILES string of the molecule is Cc1c(-c2noc(CO)n2)cccc1-c1cccc(-c2nc3cc(CN4CCCC[C@H]4C(=O)O)ccc3o2)c1C. The molecule has 1 saturated heterocycles. The number of benzene rings is 3. The van der Waals surface area contributed by atoms with E-state index in [0.717, 1.165) is 63.8 Å². The Labute approximate surface area is 231 Å². The highest BCUT2D eigenvalue weighted by Crippen LogP contribution is 2.37. The first-order chi connectivity index (χ1) is 19.4. The maximum atomic E-state index is 11.7. The Kier molecular flexibility index (Phi) is 6.91. The Morgan fingerprint density at radius 2 is 1.70 bits per heavy atom. The lowest BCUT2D eigenvalue weighted by molar-refractivity contribution is -0.144. The summed E-state index contributed by atoms with van der Waals surface area (Å²) in [6, 6.07) is 17.5. The number of carboxylic acid groups (broad SMARTS) is 1. The van der Waals surface area contributed by atoms with Gasteiger partial charge in [-0.15, -0.1) is 0 Å². The van der Waals surface area contributed by atoms with E-state index in [1.54, 1.807) is 0 Å². The number of hydrogen-bond donors (Lipinski definition) is 2. The van der Waals surface area contributed by atoms with Crippen LogP contribution in [0.2, 0.25) is 0 Å². The second-order valence-corrected chi connectivity index (χ2v) is 10.3. The minimum absolute atomic E-state index is 0.176. The molecule has 40 heavy (non-hydrogen) atoms. The van der Waals surface area contributed by atoms with Crippen LogP contribution >= 0.6 is 0 Å². The second-order valence-electron chi connectivity index (χ2n) is 10.3. The Morgan fingerprint density at radius 1 is 0.975 bits per heavy atom. The number of piperidine rings is 1. The minimum atomic E-state index is -0.757. The third-order valence-corrected chi connectivity index (χ3v) is 7.77. The Morgan fingerprint density at radius 3 is 2.42 bits per heavy atom. The first-order valence-corrected chi connectivity index (χ1v) is 13.4. The van der Waals surface area contributed by atoms with Gasteiger partial charge in [0, 0.05) is 17.7 Å². The molecule has 9 heteroatoms. The molecule has 1 fully saturated rings. The number of aliphatic hydroxyl groups is 1. The highest BCUT2D eigenvalue weighted by Gasteiger charge is 2.28. The quantitative estimate of drug-likeness (QED) is 0.266. The molecule has 1 aliphatic heterocycles. The van der Waals surface area contributed by atoms with Gasteiger partial charge in [0.1, 0.15) is 18.2 Å². The zero-order valence-electron chi connectivity index (χ0n) is 22.4. The molecule has 0 unspecified atom stereocenters. The van der Waals surface area contributed by atoms with Crippen molar-refractivity contribution in [3.63, 3.8) is 0 Å². The number of carboxylic acids is 1. The van der Waals surface area contributed by atoms with Crippen molar-refractivity contribution < 1.29 is 23.9 Å². The largest absolute Gasteiger partial charge is 0.480 e. The molecule has 2 N–H and O–H groups in total. The van der Waals surface area contributed by atoms with Crippen LogP contribution in [0.3, 0.4) is 0 Å². The fourth-order valence-corrected chi connectivity index (χ4v) is 5.64. The summed E-state index contributed by atoms with van der Waals surface area (Å²) in [6.45, 7) is 5.11. The number of aliphatic carboxylic acids is 1. The number of hydrogen-bond acceptors (Lipinski definition) is 8. The molecular weight excluding hydrogens is 508 g/mol. The molecule has 3 aromatic carbocycles.